The van der Waals surface area contributed by atoms with Crippen molar-refractivity contribution in [3.63, 3.8) is 0 Å². The molecule has 1 rings (SSSR count). The summed E-state index contributed by atoms with van der Waals surface area (Å²) in [6.07, 6.45) is 12.2. The van der Waals surface area contributed by atoms with Crippen molar-refractivity contribution in [3.05, 3.63) is 23.8 Å². The van der Waals surface area contributed by atoms with E-state index >= 15 is 0 Å². The number of hydrogen-bond donors (Lipinski definition) is 0. The van der Waals surface area contributed by atoms with Crippen molar-refractivity contribution in [2.24, 2.45) is 5.92 Å². The minimum atomic E-state index is 0.815. The second-order valence-electron chi connectivity index (χ2n) is 3.29. The Bertz CT molecular complexity index is 163. The van der Waals surface area contributed by atoms with Crippen LogP contribution in [0, 0.1) is 5.92 Å². The van der Waals surface area contributed by atoms with Crippen LogP contribution < -0.4 is 0 Å². The molecule has 1 unspecified atom stereocenters. The smallest absolute Gasteiger partial charge is 0.0198 e. The Morgan fingerprint density at radius 3 is 2.73 bits per heavy atom. The van der Waals surface area contributed by atoms with Crippen molar-refractivity contribution in [1.29, 1.82) is 0 Å². The molecule has 11 heavy (non-hydrogen) atoms. The Labute approximate surface area is 70.0 Å². The van der Waals surface area contributed by atoms with Crippen LogP contribution in [0.1, 0.15) is 39.5 Å². The Kier molecular flexibility index (Phi) is 3.41. The van der Waals surface area contributed by atoms with Crippen molar-refractivity contribution >= 4 is 0 Å². The summed E-state index contributed by atoms with van der Waals surface area (Å²) < 4.78 is 0. The molecule has 0 spiro atoms. The first-order valence-corrected chi connectivity index (χ1v) is 4.74. The normalized spacial score (nSPS) is 23.5. The molecule has 0 saturated heterocycles. The number of hydrogen-bond acceptors (Lipinski definition) is 0. The van der Waals surface area contributed by atoms with Crippen LogP contribution >= 0.6 is 0 Å². The summed E-state index contributed by atoms with van der Waals surface area (Å²) in [4.78, 5) is 0. The second-order valence-corrected chi connectivity index (χ2v) is 3.29. The average Bonchev–Trinajstić information content (AvgIpc) is 2.07. The van der Waals surface area contributed by atoms with Gasteiger partial charge in [0, 0.05) is 0 Å². The Morgan fingerprint density at radius 2 is 2.27 bits per heavy atom. The van der Waals surface area contributed by atoms with Crippen LogP contribution in [-0.4, -0.2) is 0 Å². The molecule has 0 heterocycles. The van der Waals surface area contributed by atoms with Gasteiger partial charge >= 0.3 is 0 Å². The fourth-order valence-electron chi connectivity index (χ4n) is 1.49. The zero-order valence-corrected chi connectivity index (χ0v) is 7.64. The second kappa shape index (κ2) is 4.38. The van der Waals surface area contributed by atoms with Crippen LogP contribution in [0.4, 0.5) is 0 Å². The highest BCUT2D eigenvalue weighted by Gasteiger charge is 2.04. The van der Waals surface area contributed by atoms with Crippen molar-refractivity contribution in [3.8, 4) is 0 Å². The molecule has 0 aromatic rings. The lowest BCUT2D eigenvalue weighted by Crippen LogP contribution is -1.97. The van der Waals surface area contributed by atoms with Crippen LogP contribution in [0.3, 0.4) is 0 Å². The molecular formula is C11H18. The van der Waals surface area contributed by atoms with Gasteiger partial charge < -0.3 is 0 Å². The van der Waals surface area contributed by atoms with E-state index in [1.54, 1.807) is 0 Å². The molecule has 0 N–H and O–H groups in total. The molecule has 0 amide bonds. The van der Waals surface area contributed by atoms with E-state index in [0.717, 1.165) is 5.92 Å². The number of rotatable bonds is 3. The molecule has 0 aliphatic heterocycles. The summed E-state index contributed by atoms with van der Waals surface area (Å²) in [5.41, 5.74) is 1.54. The Hall–Kier alpha value is -0.520. The molecule has 0 fully saturated rings. The van der Waals surface area contributed by atoms with E-state index in [1.165, 1.54) is 31.3 Å². The van der Waals surface area contributed by atoms with E-state index in [2.05, 4.69) is 32.1 Å². The molecule has 0 saturated carbocycles. The van der Waals surface area contributed by atoms with Gasteiger partial charge in [0.1, 0.15) is 0 Å². The molecule has 0 radical (unpaired) electrons. The van der Waals surface area contributed by atoms with Gasteiger partial charge in [-0.2, -0.15) is 0 Å². The summed E-state index contributed by atoms with van der Waals surface area (Å²) in [5, 5.41) is 0. The van der Waals surface area contributed by atoms with E-state index in [4.69, 9.17) is 0 Å². The van der Waals surface area contributed by atoms with Gasteiger partial charge in [0.2, 0.25) is 0 Å². The Balaban J connectivity index is 2.39. The van der Waals surface area contributed by atoms with E-state index in [9.17, 15) is 0 Å². The van der Waals surface area contributed by atoms with Crippen LogP contribution in [0.5, 0.6) is 0 Å². The highest BCUT2D eigenvalue weighted by molar-refractivity contribution is 5.23. The fraction of sp³-hybridized carbons (Fsp3) is 0.636. The van der Waals surface area contributed by atoms with Gasteiger partial charge in [-0.3, -0.25) is 0 Å². The first kappa shape index (κ1) is 8.58. The van der Waals surface area contributed by atoms with E-state index in [1.807, 2.05) is 0 Å². The minimum absolute atomic E-state index is 0.815. The van der Waals surface area contributed by atoms with Gasteiger partial charge in [-0.25, -0.2) is 0 Å². The molecule has 0 nitrogen and oxygen atoms in total. The lowest BCUT2D eigenvalue weighted by Gasteiger charge is -2.13. The van der Waals surface area contributed by atoms with Crippen LogP contribution in [-0.2, 0) is 0 Å². The maximum atomic E-state index is 2.40. The maximum absolute atomic E-state index is 2.40. The topological polar surface area (TPSA) is 0 Å². The van der Waals surface area contributed by atoms with Gasteiger partial charge in [0.25, 0.3) is 0 Å². The molecule has 62 valence electrons. The van der Waals surface area contributed by atoms with Gasteiger partial charge in [0.15, 0.2) is 0 Å². The summed E-state index contributed by atoms with van der Waals surface area (Å²) in [7, 11) is 0. The highest BCUT2D eigenvalue weighted by atomic mass is 14.1. The fourth-order valence-corrected chi connectivity index (χ4v) is 1.49. The van der Waals surface area contributed by atoms with E-state index < -0.39 is 0 Å². The minimum Gasteiger partial charge on any atom is -0.0809 e. The van der Waals surface area contributed by atoms with Crippen LogP contribution in [0.2, 0.25) is 0 Å². The summed E-state index contributed by atoms with van der Waals surface area (Å²) >= 11 is 0. The molecule has 0 heteroatoms. The first-order valence-electron chi connectivity index (χ1n) is 4.74. The summed E-state index contributed by atoms with van der Waals surface area (Å²) in [6.45, 7) is 4.49. The van der Waals surface area contributed by atoms with Crippen LogP contribution in [0.25, 0.3) is 0 Å². The largest absolute Gasteiger partial charge is 0.0809 e. The monoisotopic (exact) mass is 150 g/mol. The van der Waals surface area contributed by atoms with Crippen molar-refractivity contribution < 1.29 is 0 Å². The zero-order valence-electron chi connectivity index (χ0n) is 7.64. The third-order valence-electron chi connectivity index (χ3n) is 2.33. The third-order valence-corrected chi connectivity index (χ3v) is 2.33. The number of allylic oxidation sites excluding steroid dienone is 4. The Morgan fingerprint density at radius 1 is 1.45 bits per heavy atom. The van der Waals surface area contributed by atoms with E-state index in [0.29, 0.717) is 0 Å². The molecule has 1 atom stereocenters. The summed E-state index contributed by atoms with van der Waals surface area (Å²) in [5.74, 6) is 0.815. The molecule has 1 aliphatic rings. The molecule has 1 aliphatic carbocycles. The third kappa shape index (κ3) is 2.53. The van der Waals surface area contributed by atoms with E-state index in [-0.39, 0.29) is 0 Å². The van der Waals surface area contributed by atoms with Crippen LogP contribution in [0.15, 0.2) is 23.8 Å². The summed E-state index contributed by atoms with van der Waals surface area (Å²) in [6, 6.07) is 0. The standard InChI is InChI=1S/C11H18/c1-3-5-11-8-6-10(4-2)7-9-11/h6,8-10H,3-5,7H2,1-2H3. The zero-order chi connectivity index (χ0) is 8.10. The quantitative estimate of drug-likeness (QED) is 0.575. The molecule has 0 aromatic carbocycles. The van der Waals surface area contributed by atoms with Crippen molar-refractivity contribution in [1.82, 2.24) is 0 Å². The predicted molar refractivity (Wildman–Crippen MR) is 50.5 cm³/mol. The lowest BCUT2D eigenvalue weighted by molar-refractivity contribution is 0.626. The molecule has 0 aromatic heterocycles. The predicted octanol–water partition coefficient (Wildman–Crippen LogP) is 3.70. The van der Waals surface area contributed by atoms with Crippen molar-refractivity contribution in [2.45, 2.75) is 39.5 Å². The molecule has 0 bridgehead atoms. The lowest BCUT2D eigenvalue weighted by atomic mass is 9.93. The first-order chi connectivity index (χ1) is 5.36. The highest BCUT2D eigenvalue weighted by Crippen LogP contribution is 2.21. The van der Waals surface area contributed by atoms with Crippen molar-refractivity contribution in [2.75, 3.05) is 0 Å². The van der Waals surface area contributed by atoms with Gasteiger partial charge in [-0.1, -0.05) is 44.1 Å². The van der Waals surface area contributed by atoms with Gasteiger partial charge in [-0.15, -0.1) is 0 Å². The van der Waals surface area contributed by atoms with Gasteiger partial charge in [-0.05, 0) is 25.2 Å². The van der Waals surface area contributed by atoms with Gasteiger partial charge in [0.05, 0.1) is 0 Å². The SMILES string of the molecule is CCCC1=CCC(CC)C=C1. The molecular weight excluding hydrogens is 132 g/mol. The maximum Gasteiger partial charge on any atom is -0.0198 e. The average molecular weight is 150 g/mol.